The minimum absolute atomic E-state index is 0.414. The molecule has 14 heavy (non-hydrogen) atoms. The summed E-state index contributed by atoms with van der Waals surface area (Å²) in [6.45, 7) is 0. The van der Waals surface area contributed by atoms with Gasteiger partial charge in [-0.1, -0.05) is 52.9 Å². The number of aromatic nitrogens is 1. The first kappa shape index (κ1) is 9.65. The van der Waals surface area contributed by atoms with Crippen LogP contribution in [0, 0.1) is 0 Å². The van der Waals surface area contributed by atoms with Gasteiger partial charge in [0.25, 0.3) is 0 Å². The average Bonchev–Trinajstić information content (AvgIpc) is 2.30. The molecule has 70 valence electrons. The fourth-order valence-corrected chi connectivity index (χ4v) is 2.18. The summed E-state index contributed by atoms with van der Waals surface area (Å²) in [5.41, 5.74) is 2.63. The smallest absolute Gasteiger partial charge is 0.0609 e. The first-order valence-corrected chi connectivity index (χ1v) is 5.71. The highest BCUT2D eigenvalue weighted by molar-refractivity contribution is 14.1. The molecule has 0 saturated heterocycles. The fraction of sp³-hybridized carbons (Fsp3) is 0.0833. The molecule has 0 aliphatic rings. The van der Waals surface area contributed by atoms with Crippen molar-refractivity contribution in [2.75, 3.05) is 0 Å². The Hall–Kier alpha value is -0.900. The van der Waals surface area contributed by atoms with Crippen molar-refractivity contribution in [3.05, 3.63) is 66.0 Å². The molecule has 2 rings (SSSR count). The van der Waals surface area contributed by atoms with Crippen molar-refractivity contribution in [3.8, 4) is 0 Å². The van der Waals surface area contributed by atoms with Crippen LogP contribution in [0.2, 0.25) is 0 Å². The predicted molar refractivity (Wildman–Crippen MR) is 66.5 cm³/mol. The van der Waals surface area contributed by atoms with Gasteiger partial charge in [-0.3, -0.25) is 4.98 Å². The van der Waals surface area contributed by atoms with E-state index in [-0.39, 0.29) is 0 Å². The summed E-state index contributed by atoms with van der Waals surface area (Å²) in [5, 5.41) is 0. The van der Waals surface area contributed by atoms with Crippen LogP contribution in [-0.4, -0.2) is 4.98 Å². The molecule has 0 aliphatic heterocycles. The van der Waals surface area contributed by atoms with Gasteiger partial charge in [-0.25, -0.2) is 0 Å². The van der Waals surface area contributed by atoms with E-state index in [2.05, 4.69) is 64.0 Å². The number of pyridine rings is 1. The Morgan fingerprint density at radius 1 is 0.857 bits per heavy atom. The van der Waals surface area contributed by atoms with Gasteiger partial charge >= 0.3 is 0 Å². The molecule has 0 unspecified atom stereocenters. The molecule has 1 aromatic heterocycles. The van der Waals surface area contributed by atoms with Crippen molar-refractivity contribution in [2.24, 2.45) is 0 Å². The molecule has 2 aromatic rings. The van der Waals surface area contributed by atoms with E-state index in [4.69, 9.17) is 0 Å². The minimum atomic E-state index is 0.414. The third-order valence-electron chi connectivity index (χ3n) is 2.09. The van der Waals surface area contributed by atoms with E-state index in [0.29, 0.717) is 3.92 Å². The Bertz CT molecular complexity index is 346. The molecule has 0 saturated carbocycles. The fourth-order valence-electron chi connectivity index (χ4n) is 1.35. The molecule has 0 fully saturated rings. The number of hydrogen-bond donors (Lipinski definition) is 0. The minimum Gasteiger partial charge on any atom is -0.265 e. The van der Waals surface area contributed by atoms with Crippen LogP contribution in [-0.2, 0) is 0 Å². The van der Waals surface area contributed by atoms with E-state index in [9.17, 15) is 0 Å². The van der Waals surface area contributed by atoms with Crippen LogP contribution in [0.25, 0.3) is 0 Å². The Kier molecular flexibility index (Phi) is 3.14. The molecule has 0 aliphatic carbocycles. The Morgan fingerprint density at radius 3 is 2.07 bits per heavy atom. The summed E-state index contributed by atoms with van der Waals surface area (Å²) in [6, 6.07) is 14.6. The molecule has 0 spiro atoms. The van der Waals surface area contributed by atoms with Gasteiger partial charge in [0.1, 0.15) is 0 Å². The van der Waals surface area contributed by atoms with Crippen LogP contribution in [0.15, 0.2) is 54.9 Å². The van der Waals surface area contributed by atoms with Crippen LogP contribution >= 0.6 is 22.6 Å². The van der Waals surface area contributed by atoms with Gasteiger partial charge in [0.2, 0.25) is 0 Å². The van der Waals surface area contributed by atoms with Crippen LogP contribution in [0.5, 0.6) is 0 Å². The monoisotopic (exact) mass is 295 g/mol. The Morgan fingerprint density at radius 2 is 1.43 bits per heavy atom. The third-order valence-corrected chi connectivity index (χ3v) is 3.53. The predicted octanol–water partition coefficient (Wildman–Crippen LogP) is 3.61. The molecular weight excluding hydrogens is 285 g/mol. The topological polar surface area (TPSA) is 12.9 Å². The molecule has 1 heterocycles. The summed E-state index contributed by atoms with van der Waals surface area (Å²) in [4.78, 5) is 4.02. The van der Waals surface area contributed by atoms with Gasteiger partial charge in [0, 0.05) is 12.4 Å². The summed E-state index contributed by atoms with van der Waals surface area (Å²) in [6.07, 6.45) is 3.67. The van der Waals surface area contributed by atoms with Gasteiger partial charge in [-0.05, 0) is 23.3 Å². The number of rotatable bonds is 2. The summed E-state index contributed by atoms with van der Waals surface area (Å²) in [5.74, 6) is 0. The zero-order valence-electron chi connectivity index (χ0n) is 7.60. The maximum Gasteiger partial charge on any atom is 0.0609 e. The van der Waals surface area contributed by atoms with Crippen molar-refractivity contribution in [3.63, 3.8) is 0 Å². The van der Waals surface area contributed by atoms with Gasteiger partial charge in [-0.2, -0.15) is 0 Å². The van der Waals surface area contributed by atoms with E-state index >= 15 is 0 Å². The first-order valence-electron chi connectivity index (χ1n) is 4.47. The zero-order valence-corrected chi connectivity index (χ0v) is 9.76. The lowest BCUT2D eigenvalue weighted by Crippen LogP contribution is -1.91. The van der Waals surface area contributed by atoms with Crippen molar-refractivity contribution in [1.82, 2.24) is 4.98 Å². The lowest BCUT2D eigenvalue weighted by atomic mass is 10.1. The highest BCUT2D eigenvalue weighted by atomic mass is 127. The van der Waals surface area contributed by atoms with Crippen molar-refractivity contribution < 1.29 is 0 Å². The van der Waals surface area contributed by atoms with Crippen LogP contribution in [0.3, 0.4) is 0 Å². The molecule has 0 radical (unpaired) electrons. The Balaban J connectivity index is 2.30. The molecule has 0 amide bonds. The van der Waals surface area contributed by atoms with E-state index in [1.54, 1.807) is 0 Å². The summed E-state index contributed by atoms with van der Waals surface area (Å²) in [7, 11) is 0. The maximum atomic E-state index is 4.02. The Labute approximate surface area is 97.3 Å². The largest absolute Gasteiger partial charge is 0.265 e. The normalized spacial score (nSPS) is 12.4. The third kappa shape index (κ3) is 2.12. The van der Waals surface area contributed by atoms with Gasteiger partial charge < -0.3 is 0 Å². The molecule has 0 N–H and O–H groups in total. The average molecular weight is 295 g/mol. The molecule has 1 atom stereocenters. The van der Waals surface area contributed by atoms with E-state index in [1.807, 2.05) is 18.5 Å². The lowest BCUT2D eigenvalue weighted by Gasteiger charge is -2.09. The van der Waals surface area contributed by atoms with Crippen LogP contribution in [0.1, 0.15) is 15.1 Å². The van der Waals surface area contributed by atoms with Crippen molar-refractivity contribution >= 4 is 22.6 Å². The van der Waals surface area contributed by atoms with E-state index < -0.39 is 0 Å². The highest BCUT2D eigenvalue weighted by Gasteiger charge is 2.08. The van der Waals surface area contributed by atoms with Gasteiger partial charge in [0.05, 0.1) is 3.92 Å². The van der Waals surface area contributed by atoms with E-state index in [0.717, 1.165) is 0 Å². The SMILES string of the molecule is I[C@@H](c1ccccc1)c1ccncc1. The zero-order chi connectivity index (χ0) is 9.80. The maximum absolute atomic E-state index is 4.02. The number of nitrogens with zero attached hydrogens (tertiary/aromatic N) is 1. The quantitative estimate of drug-likeness (QED) is 0.609. The van der Waals surface area contributed by atoms with Crippen LogP contribution in [0.4, 0.5) is 0 Å². The summed E-state index contributed by atoms with van der Waals surface area (Å²) < 4.78 is 0.414. The van der Waals surface area contributed by atoms with Crippen LogP contribution < -0.4 is 0 Å². The van der Waals surface area contributed by atoms with Crippen molar-refractivity contribution in [1.29, 1.82) is 0 Å². The second-order valence-electron chi connectivity index (χ2n) is 3.05. The second-order valence-corrected chi connectivity index (χ2v) is 4.30. The van der Waals surface area contributed by atoms with Gasteiger partial charge in [0.15, 0.2) is 0 Å². The number of alkyl halides is 1. The molecule has 1 aromatic carbocycles. The van der Waals surface area contributed by atoms with Gasteiger partial charge in [-0.15, -0.1) is 0 Å². The standard InChI is InChI=1S/C12H10IN/c13-12(10-4-2-1-3-5-10)11-6-8-14-9-7-11/h1-9,12H/t12-/m0/s1. The number of halogens is 1. The second kappa shape index (κ2) is 4.55. The highest BCUT2D eigenvalue weighted by Crippen LogP contribution is 2.30. The van der Waals surface area contributed by atoms with E-state index in [1.165, 1.54) is 11.1 Å². The molecular formula is C12H10IN. The number of hydrogen-bond acceptors (Lipinski definition) is 1. The first-order chi connectivity index (χ1) is 6.88. The number of benzene rings is 1. The lowest BCUT2D eigenvalue weighted by molar-refractivity contribution is 1.17. The molecule has 1 nitrogen and oxygen atoms in total. The summed E-state index contributed by atoms with van der Waals surface area (Å²) >= 11 is 2.45. The molecule has 0 bridgehead atoms. The molecule has 2 heteroatoms. The van der Waals surface area contributed by atoms with Crippen molar-refractivity contribution in [2.45, 2.75) is 3.92 Å².